The van der Waals surface area contributed by atoms with Crippen molar-refractivity contribution < 1.29 is 0 Å². The number of hydrogen-bond acceptors (Lipinski definition) is 0. The molecule has 1 heteroatoms. The maximum absolute atomic E-state index is 2.36. The van der Waals surface area contributed by atoms with E-state index in [2.05, 4.69) is 37.9 Å². The van der Waals surface area contributed by atoms with Gasteiger partial charge in [0.2, 0.25) is 0 Å². The van der Waals surface area contributed by atoms with E-state index in [1.54, 1.807) is 5.20 Å². The second-order valence-electron chi connectivity index (χ2n) is 2.93. The lowest BCUT2D eigenvalue weighted by molar-refractivity contribution is 1.59. The Hall–Kier alpha value is -0.303. The minimum atomic E-state index is -0.963. The molecule has 0 bridgehead atoms. The highest BCUT2D eigenvalue weighted by Crippen LogP contribution is 2.20. The standard InChI is InChI=1S/C7H12Si/c1-7-5-4-6-8(7,2)3/h4-6H,1-3H3. The molecule has 0 spiro atoms. The molecule has 1 heterocycles. The molecule has 0 nitrogen and oxygen atoms in total. The molecule has 0 atom stereocenters. The van der Waals surface area contributed by atoms with Crippen molar-refractivity contribution in [1.82, 2.24) is 0 Å². The third-order valence-corrected chi connectivity index (χ3v) is 5.10. The lowest BCUT2D eigenvalue weighted by Crippen LogP contribution is -2.21. The van der Waals surface area contributed by atoms with Crippen molar-refractivity contribution in [2.75, 3.05) is 0 Å². The molecule has 0 unspecified atom stereocenters. The Morgan fingerprint density at radius 3 is 2.12 bits per heavy atom. The Labute approximate surface area is 51.9 Å². The normalized spacial score (nSPS) is 23.6. The summed E-state index contributed by atoms with van der Waals surface area (Å²) in [4.78, 5) is 0. The molecule has 0 amide bonds. The van der Waals surface area contributed by atoms with Gasteiger partial charge in [-0.2, -0.15) is 0 Å². The monoisotopic (exact) mass is 124 g/mol. The van der Waals surface area contributed by atoms with Crippen LogP contribution in [0.2, 0.25) is 13.1 Å². The highest BCUT2D eigenvalue weighted by molar-refractivity contribution is 6.89. The van der Waals surface area contributed by atoms with E-state index >= 15 is 0 Å². The summed E-state index contributed by atoms with van der Waals surface area (Å²) in [6.07, 6.45) is 4.41. The van der Waals surface area contributed by atoms with Crippen LogP contribution in [0.1, 0.15) is 6.92 Å². The fourth-order valence-electron chi connectivity index (χ4n) is 0.779. The Bertz CT molecular complexity index is 152. The van der Waals surface area contributed by atoms with Crippen molar-refractivity contribution in [3.8, 4) is 0 Å². The van der Waals surface area contributed by atoms with E-state index in [0.29, 0.717) is 0 Å². The molecule has 0 fully saturated rings. The molecule has 44 valence electrons. The summed E-state index contributed by atoms with van der Waals surface area (Å²) in [5.41, 5.74) is 2.36. The zero-order valence-corrected chi connectivity index (χ0v) is 6.73. The van der Waals surface area contributed by atoms with Crippen LogP contribution in [0.25, 0.3) is 0 Å². The largest absolute Gasteiger partial charge is 0.0986 e. The van der Waals surface area contributed by atoms with Gasteiger partial charge >= 0.3 is 0 Å². The summed E-state index contributed by atoms with van der Waals surface area (Å²) in [6.45, 7) is 6.96. The average molecular weight is 124 g/mol. The molecule has 0 saturated carbocycles. The van der Waals surface area contributed by atoms with E-state index in [0.717, 1.165) is 0 Å². The van der Waals surface area contributed by atoms with E-state index < -0.39 is 8.07 Å². The van der Waals surface area contributed by atoms with Crippen LogP contribution in [0.5, 0.6) is 0 Å². The van der Waals surface area contributed by atoms with Gasteiger partial charge in [-0.15, -0.1) is 0 Å². The SMILES string of the molecule is CC1=CC=C[Si]1(C)C. The molecule has 0 aromatic rings. The predicted octanol–water partition coefficient (Wildman–Crippen LogP) is 2.29. The fourth-order valence-corrected chi connectivity index (χ4v) is 2.15. The molecule has 1 aliphatic heterocycles. The highest BCUT2D eigenvalue weighted by atomic mass is 28.3. The minimum Gasteiger partial charge on any atom is -0.0906 e. The van der Waals surface area contributed by atoms with Crippen LogP contribution in [0.15, 0.2) is 23.0 Å². The molecule has 1 aliphatic rings. The van der Waals surface area contributed by atoms with Gasteiger partial charge in [0.25, 0.3) is 0 Å². The molecular formula is C7H12Si. The average Bonchev–Trinajstić information content (AvgIpc) is 1.86. The van der Waals surface area contributed by atoms with Gasteiger partial charge in [-0.1, -0.05) is 36.1 Å². The van der Waals surface area contributed by atoms with Crippen molar-refractivity contribution in [2.24, 2.45) is 0 Å². The first-order valence-corrected chi connectivity index (χ1v) is 6.07. The molecule has 0 aromatic heterocycles. The van der Waals surface area contributed by atoms with Crippen LogP contribution in [0.3, 0.4) is 0 Å². The first-order chi connectivity index (χ1) is 3.63. The van der Waals surface area contributed by atoms with E-state index in [1.165, 1.54) is 0 Å². The van der Waals surface area contributed by atoms with Crippen molar-refractivity contribution in [2.45, 2.75) is 20.0 Å². The third kappa shape index (κ3) is 0.780. The first kappa shape index (κ1) is 5.83. The van der Waals surface area contributed by atoms with Crippen molar-refractivity contribution in [3.05, 3.63) is 23.0 Å². The quantitative estimate of drug-likeness (QED) is 0.435. The molecule has 1 rings (SSSR count). The lowest BCUT2D eigenvalue weighted by atomic mass is 10.5. The Balaban J connectivity index is 2.87. The van der Waals surface area contributed by atoms with Crippen molar-refractivity contribution >= 4 is 8.07 Å². The van der Waals surface area contributed by atoms with Crippen LogP contribution < -0.4 is 0 Å². The predicted molar refractivity (Wildman–Crippen MR) is 40.4 cm³/mol. The molecule has 8 heavy (non-hydrogen) atoms. The van der Waals surface area contributed by atoms with Gasteiger partial charge in [-0.05, 0) is 6.92 Å². The van der Waals surface area contributed by atoms with Crippen LogP contribution >= 0.6 is 0 Å². The maximum atomic E-state index is 2.36. The fraction of sp³-hybridized carbons (Fsp3) is 0.429. The van der Waals surface area contributed by atoms with Crippen LogP contribution in [-0.4, -0.2) is 8.07 Å². The third-order valence-electron chi connectivity index (χ3n) is 1.88. The number of hydrogen-bond donors (Lipinski definition) is 0. The van der Waals surface area contributed by atoms with E-state index in [1.807, 2.05) is 0 Å². The zero-order valence-electron chi connectivity index (χ0n) is 5.73. The zero-order chi connectivity index (χ0) is 6.20. The van der Waals surface area contributed by atoms with Crippen LogP contribution in [-0.2, 0) is 0 Å². The molecular weight excluding hydrogens is 112 g/mol. The Morgan fingerprint density at radius 1 is 1.38 bits per heavy atom. The van der Waals surface area contributed by atoms with Gasteiger partial charge in [0.15, 0.2) is 0 Å². The molecule has 0 saturated heterocycles. The van der Waals surface area contributed by atoms with Gasteiger partial charge < -0.3 is 0 Å². The highest BCUT2D eigenvalue weighted by Gasteiger charge is 2.20. The summed E-state index contributed by atoms with van der Waals surface area (Å²) in [5.74, 6) is 0. The first-order valence-electron chi connectivity index (χ1n) is 2.99. The van der Waals surface area contributed by atoms with Gasteiger partial charge in [0, 0.05) is 0 Å². The summed E-state index contributed by atoms with van der Waals surface area (Å²) in [6, 6.07) is 0. The Kier molecular flexibility index (Phi) is 1.16. The Morgan fingerprint density at radius 2 is 2.00 bits per heavy atom. The van der Waals surface area contributed by atoms with E-state index in [4.69, 9.17) is 0 Å². The van der Waals surface area contributed by atoms with Gasteiger partial charge in [-0.3, -0.25) is 0 Å². The van der Waals surface area contributed by atoms with Gasteiger partial charge in [0.05, 0.1) is 8.07 Å². The molecule has 0 N–H and O–H groups in total. The number of allylic oxidation sites excluding steroid dienone is 3. The van der Waals surface area contributed by atoms with Crippen molar-refractivity contribution in [1.29, 1.82) is 0 Å². The molecule has 0 aromatic carbocycles. The second-order valence-corrected chi connectivity index (χ2v) is 7.50. The maximum Gasteiger partial charge on any atom is 0.0986 e. The van der Waals surface area contributed by atoms with Gasteiger partial charge in [-0.25, -0.2) is 0 Å². The number of rotatable bonds is 0. The summed E-state index contributed by atoms with van der Waals surface area (Å²) < 4.78 is 0. The minimum absolute atomic E-state index is 0.963. The van der Waals surface area contributed by atoms with E-state index in [9.17, 15) is 0 Å². The van der Waals surface area contributed by atoms with Crippen LogP contribution in [0, 0.1) is 0 Å². The summed E-state index contributed by atoms with van der Waals surface area (Å²) in [5, 5.41) is 1.59. The summed E-state index contributed by atoms with van der Waals surface area (Å²) >= 11 is 0. The molecule has 0 radical (unpaired) electrons. The molecule has 0 aliphatic carbocycles. The van der Waals surface area contributed by atoms with Crippen molar-refractivity contribution in [3.63, 3.8) is 0 Å². The van der Waals surface area contributed by atoms with Gasteiger partial charge in [0.1, 0.15) is 0 Å². The topological polar surface area (TPSA) is 0 Å². The lowest BCUT2D eigenvalue weighted by Gasteiger charge is -2.12. The summed E-state index contributed by atoms with van der Waals surface area (Å²) in [7, 11) is -0.963. The second kappa shape index (κ2) is 1.59. The van der Waals surface area contributed by atoms with E-state index in [-0.39, 0.29) is 0 Å². The smallest absolute Gasteiger partial charge is 0.0906 e. The van der Waals surface area contributed by atoms with Crippen LogP contribution in [0.4, 0.5) is 0 Å².